The van der Waals surface area contributed by atoms with E-state index in [9.17, 15) is 23.5 Å². The Balaban J connectivity index is 1.31. The van der Waals surface area contributed by atoms with Gasteiger partial charge in [0, 0.05) is 68.3 Å². The normalized spacial score (nSPS) is 22.5. The molecule has 1 saturated carbocycles. The second-order valence-electron chi connectivity index (χ2n) is 13.5. The van der Waals surface area contributed by atoms with Crippen molar-refractivity contribution in [3.8, 4) is 11.3 Å². The minimum absolute atomic E-state index is 0.0173. The molecule has 3 heterocycles. The van der Waals surface area contributed by atoms with Crippen LogP contribution in [0.4, 0.5) is 8.78 Å². The number of likely N-dealkylation sites (tertiary alicyclic amines) is 1. The van der Waals surface area contributed by atoms with E-state index in [0.717, 1.165) is 48.9 Å². The van der Waals surface area contributed by atoms with Crippen LogP contribution in [0.15, 0.2) is 47.2 Å². The number of carbonyl (C=O) groups excluding carboxylic acids is 2. The van der Waals surface area contributed by atoms with E-state index in [-0.39, 0.29) is 41.4 Å². The first-order valence-electron chi connectivity index (χ1n) is 14.6. The number of benzene rings is 1. The van der Waals surface area contributed by atoms with Gasteiger partial charge in [0.25, 0.3) is 0 Å². The molecule has 42 heavy (non-hydrogen) atoms. The lowest BCUT2D eigenvalue weighted by Gasteiger charge is -2.54. The fourth-order valence-electron chi connectivity index (χ4n) is 6.60. The molecule has 1 saturated heterocycles. The predicted molar refractivity (Wildman–Crippen MR) is 154 cm³/mol. The lowest BCUT2D eigenvalue weighted by Crippen LogP contribution is -2.62. The Bertz CT molecular complexity index is 1470. The Morgan fingerprint density at radius 2 is 1.81 bits per heavy atom. The number of aryl methyl sites for hydroxylation is 1. The van der Waals surface area contributed by atoms with E-state index in [0.29, 0.717) is 25.6 Å². The summed E-state index contributed by atoms with van der Waals surface area (Å²) in [6.45, 7) is 9.11. The third-order valence-corrected chi connectivity index (χ3v) is 9.02. The molecule has 0 bridgehead atoms. The van der Waals surface area contributed by atoms with E-state index in [1.807, 2.05) is 27.7 Å². The quantitative estimate of drug-likeness (QED) is 0.285. The van der Waals surface area contributed by atoms with Gasteiger partial charge in [-0.2, -0.15) is 0 Å². The summed E-state index contributed by atoms with van der Waals surface area (Å²) < 4.78 is 32.9. The first kappa shape index (κ1) is 30.2. The maximum atomic E-state index is 14.3. The Morgan fingerprint density at radius 1 is 1.10 bits per heavy atom. The number of nitrogens with zero attached hydrogens (tertiary/aromatic N) is 3. The van der Waals surface area contributed by atoms with Crippen molar-refractivity contribution >= 4 is 11.6 Å². The molecule has 5 rings (SSSR count). The van der Waals surface area contributed by atoms with Crippen molar-refractivity contribution in [3.63, 3.8) is 0 Å². The maximum absolute atomic E-state index is 14.3. The van der Waals surface area contributed by atoms with Gasteiger partial charge in [0.15, 0.2) is 11.5 Å². The zero-order valence-corrected chi connectivity index (χ0v) is 24.8. The van der Waals surface area contributed by atoms with Crippen LogP contribution in [0.3, 0.4) is 0 Å². The molecule has 0 radical (unpaired) electrons. The predicted octanol–water partition coefficient (Wildman–Crippen LogP) is 6.22. The van der Waals surface area contributed by atoms with E-state index in [4.69, 9.17) is 4.52 Å². The van der Waals surface area contributed by atoms with Crippen LogP contribution in [0.25, 0.3) is 11.3 Å². The summed E-state index contributed by atoms with van der Waals surface area (Å²) in [6, 6.07) is 6.85. The van der Waals surface area contributed by atoms with Gasteiger partial charge in [0.05, 0.1) is 11.2 Å². The third kappa shape index (κ3) is 6.68. The SMILES string of the molecule is Cc1cncc(C(C)(C)CC(=O)CC2(CC(=O)c3cc(-c4ccc(F)cc4F)on3)CN(C3CCC(C)(O)CC3)C2)c1. The fourth-order valence-corrected chi connectivity index (χ4v) is 6.60. The smallest absolute Gasteiger partial charge is 0.185 e. The highest BCUT2D eigenvalue weighted by atomic mass is 19.1. The summed E-state index contributed by atoms with van der Waals surface area (Å²) in [6.07, 6.45) is 7.44. The van der Waals surface area contributed by atoms with Crippen LogP contribution < -0.4 is 0 Å². The number of aromatic nitrogens is 2. The van der Waals surface area contributed by atoms with Crippen LogP contribution in [-0.4, -0.2) is 56.4 Å². The molecule has 1 aliphatic heterocycles. The number of ketones is 2. The topological polar surface area (TPSA) is 96.5 Å². The van der Waals surface area contributed by atoms with Crippen molar-refractivity contribution < 1.29 is 28.0 Å². The minimum atomic E-state index is -0.806. The second kappa shape index (κ2) is 11.4. The number of halogens is 2. The molecule has 1 aromatic carbocycles. The fraction of sp³-hybridized carbons (Fsp3) is 0.515. The Morgan fingerprint density at radius 3 is 2.48 bits per heavy atom. The number of rotatable bonds is 10. The Labute approximate surface area is 245 Å². The van der Waals surface area contributed by atoms with Gasteiger partial charge in [0.2, 0.25) is 0 Å². The molecule has 3 aromatic rings. The minimum Gasteiger partial charge on any atom is -0.390 e. The molecule has 2 aliphatic rings. The molecular formula is C33H39F2N3O4. The van der Waals surface area contributed by atoms with E-state index < -0.39 is 28.1 Å². The lowest BCUT2D eigenvalue weighted by molar-refractivity contribution is -0.128. The van der Waals surface area contributed by atoms with E-state index in [1.165, 1.54) is 12.1 Å². The summed E-state index contributed by atoms with van der Waals surface area (Å²) in [5.41, 5.74) is 0.477. The number of carbonyl (C=O) groups is 2. The van der Waals surface area contributed by atoms with Crippen molar-refractivity contribution in [1.29, 1.82) is 0 Å². The van der Waals surface area contributed by atoms with Gasteiger partial charge in [-0.25, -0.2) is 8.78 Å². The molecule has 0 unspecified atom stereocenters. The molecule has 9 heteroatoms. The molecule has 224 valence electrons. The number of pyridine rings is 1. The number of hydrogen-bond donors (Lipinski definition) is 1. The summed E-state index contributed by atoms with van der Waals surface area (Å²) in [5.74, 6) is -1.68. The second-order valence-corrected chi connectivity index (χ2v) is 13.5. The lowest BCUT2D eigenvalue weighted by atomic mass is 9.68. The summed E-state index contributed by atoms with van der Waals surface area (Å²) in [5, 5.41) is 14.3. The standard InChI is InChI=1S/C33H39F2N3O4/c1-21-11-22(18-36-17-21)31(2,3)14-25(39)15-33(19-38(20-33)24-7-9-32(4,41)10-8-24)16-29(40)28-13-30(42-37-28)26-6-5-23(34)12-27(26)35/h5-6,11-13,17-18,24,41H,7-10,14-16,19-20H2,1-4H3. The summed E-state index contributed by atoms with van der Waals surface area (Å²) in [7, 11) is 0. The number of aliphatic hydroxyl groups is 1. The maximum Gasteiger partial charge on any atom is 0.185 e. The summed E-state index contributed by atoms with van der Waals surface area (Å²) in [4.78, 5) is 33.7. The van der Waals surface area contributed by atoms with Crippen LogP contribution in [0, 0.1) is 24.0 Å². The van der Waals surface area contributed by atoms with Crippen molar-refractivity contribution in [2.75, 3.05) is 13.1 Å². The number of hydrogen-bond acceptors (Lipinski definition) is 7. The third-order valence-electron chi connectivity index (χ3n) is 9.02. The van der Waals surface area contributed by atoms with Crippen molar-refractivity contribution in [2.45, 2.75) is 89.7 Å². The van der Waals surface area contributed by atoms with Crippen molar-refractivity contribution in [2.24, 2.45) is 5.41 Å². The van der Waals surface area contributed by atoms with Gasteiger partial charge in [-0.15, -0.1) is 0 Å². The molecule has 2 fully saturated rings. The number of Topliss-reactive ketones (excluding diaryl/α,β-unsaturated/α-hetero) is 2. The Kier molecular flexibility index (Phi) is 8.20. The molecule has 0 spiro atoms. The van der Waals surface area contributed by atoms with Gasteiger partial charge in [0.1, 0.15) is 23.1 Å². The average Bonchev–Trinajstić information content (AvgIpc) is 3.37. The van der Waals surface area contributed by atoms with Crippen LogP contribution >= 0.6 is 0 Å². The molecule has 0 atom stereocenters. The highest BCUT2D eigenvalue weighted by Crippen LogP contribution is 2.44. The van der Waals surface area contributed by atoms with Gasteiger partial charge in [-0.1, -0.05) is 25.1 Å². The van der Waals surface area contributed by atoms with E-state index in [1.54, 1.807) is 12.4 Å². The van der Waals surface area contributed by atoms with Gasteiger partial charge >= 0.3 is 0 Å². The van der Waals surface area contributed by atoms with Gasteiger partial charge in [-0.05, 0) is 68.2 Å². The van der Waals surface area contributed by atoms with Crippen molar-refractivity contribution in [1.82, 2.24) is 15.0 Å². The highest BCUT2D eigenvalue weighted by Gasteiger charge is 2.49. The molecule has 2 aromatic heterocycles. The summed E-state index contributed by atoms with van der Waals surface area (Å²) >= 11 is 0. The van der Waals surface area contributed by atoms with Gasteiger partial charge in [-0.3, -0.25) is 19.5 Å². The molecule has 7 nitrogen and oxygen atoms in total. The van der Waals surface area contributed by atoms with Crippen LogP contribution in [-0.2, 0) is 10.2 Å². The molecular weight excluding hydrogens is 540 g/mol. The van der Waals surface area contributed by atoms with Crippen LogP contribution in [0.2, 0.25) is 0 Å². The monoisotopic (exact) mass is 579 g/mol. The van der Waals surface area contributed by atoms with Gasteiger partial charge < -0.3 is 9.63 Å². The van der Waals surface area contributed by atoms with E-state index in [2.05, 4.69) is 21.1 Å². The zero-order chi connectivity index (χ0) is 30.3. The van der Waals surface area contributed by atoms with Crippen LogP contribution in [0.1, 0.15) is 87.3 Å². The molecule has 1 N–H and O–H groups in total. The largest absolute Gasteiger partial charge is 0.390 e. The first-order valence-corrected chi connectivity index (χ1v) is 14.6. The zero-order valence-electron chi connectivity index (χ0n) is 24.8. The average molecular weight is 580 g/mol. The van der Waals surface area contributed by atoms with E-state index >= 15 is 0 Å². The van der Waals surface area contributed by atoms with Crippen LogP contribution in [0.5, 0.6) is 0 Å². The molecule has 0 amide bonds. The molecule has 1 aliphatic carbocycles. The Hall–Kier alpha value is -3.30. The first-order chi connectivity index (χ1) is 19.7. The van der Waals surface area contributed by atoms with Crippen molar-refractivity contribution in [3.05, 3.63) is 71.2 Å². The highest BCUT2D eigenvalue weighted by molar-refractivity contribution is 5.96.